The van der Waals surface area contributed by atoms with E-state index in [9.17, 15) is 4.79 Å². The van der Waals surface area contributed by atoms with Gasteiger partial charge in [0.25, 0.3) is 0 Å². The third kappa shape index (κ3) is 2.45. The summed E-state index contributed by atoms with van der Waals surface area (Å²) in [5, 5.41) is 7.45. The van der Waals surface area contributed by atoms with Crippen LogP contribution in [0.25, 0.3) is 0 Å². The molecule has 1 heterocycles. The Labute approximate surface area is 159 Å². The topological polar surface area (TPSA) is 41.1 Å². The zero-order valence-electron chi connectivity index (χ0n) is 17.0. The van der Waals surface area contributed by atoms with Crippen LogP contribution in [0.2, 0.25) is 0 Å². The minimum absolute atomic E-state index is 0.302. The summed E-state index contributed by atoms with van der Waals surface area (Å²) in [5.41, 5.74) is 0.853. The Kier molecular flexibility index (Phi) is 4.02. The standard InChI is InChI=1S/C23H38N2O/c1-4-14-13-19-23(3,12-10-20(26)25-19)17-9-11-22(2)16(21(14)17)7-8-18(22)24-15-5-6-15/h14-19,21,24H,4-13H2,1-3H3,(H,25,26)/t14?,16-,17+,18?,19?,21-,22-,23+/m0/s1. The highest BCUT2D eigenvalue weighted by Crippen LogP contribution is 2.65. The number of hydrogen-bond donors (Lipinski definition) is 2. The van der Waals surface area contributed by atoms with Crippen molar-refractivity contribution in [3.05, 3.63) is 0 Å². The van der Waals surface area contributed by atoms with E-state index in [1.807, 2.05) is 0 Å². The molecule has 4 saturated carbocycles. The molecule has 26 heavy (non-hydrogen) atoms. The van der Waals surface area contributed by atoms with Crippen molar-refractivity contribution >= 4 is 5.91 Å². The van der Waals surface area contributed by atoms with E-state index in [0.717, 1.165) is 48.6 Å². The summed E-state index contributed by atoms with van der Waals surface area (Å²) in [4.78, 5) is 12.1. The highest BCUT2D eigenvalue weighted by molar-refractivity contribution is 5.77. The number of fused-ring (bicyclic) bond motifs is 5. The van der Waals surface area contributed by atoms with Crippen LogP contribution in [0, 0.1) is 34.5 Å². The number of hydrogen-bond acceptors (Lipinski definition) is 2. The number of carbonyl (C=O) groups excluding carboxylic acids is 1. The molecule has 146 valence electrons. The summed E-state index contributed by atoms with van der Waals surface area (Å²) in [6.45, 7) is 7.55. The van der Waals surface area contributed by atoms with E-state index in [0.29, 0.717) is 22.8 Å². The van der Waals surface area contributed by atoms with E-state index in [2.05, 4.69) is 31.4 Å². The molecule has 5 rings (SSSR count). The first-order valence-electron chi connectivity index (χ1n) is 11.5. The summed E-state index contributed by atoms with van der Waals surface area (Å²) in [6, 6.07) is 2.02. The van der Waals surface area contributed by atoms with Gasteiger partial charge in [0.1, 0.15) is 0 Å². The zero-order chi connectivity index (χ0) is 18.1. The van der Waals surface area contributed by atoms with Gasteiger partial charge in [-0.15, -0.1) is 0 Å². The predicted octanol–water partition coefficient (Wildman–Crippen LogP) is 4.26. The van der Waals surface area contributed by atoms with E-state index in [4.69, 9.17) is 0 Å². The fraction of sp³-hybridized carbons (Fsp3) is 0.957. The molecule has 0 bridgehead atoms. The first-order valence-corrected chi connectivity index (χ1v) is 11.5. The van der Waals surface area contributed by atoms with Crippen LogP contribution in [0.15, 0.2) is 0 Å². The van der Waals surface area contributed by atoms with Crippen molar-refractivity contribution in [1.29, 1.82) is 0 Å². The Morgan fingerprint density at radius 1 is 1.04 bits per heavy atom. The molecule has 5 aliphatic rings. The molecule has 1 amide bonds. The van der Waals surface area contributed by atoms with Crippen molar-refractivity contribution in [2.45, 2.75) is 103 Å². The van der Waals surface area contributed by atoms with Gasteiger partial charge in [0.15, 0.2) is 0 Å². The number of carbonyl (C=O) groups is 1. The number of piperidine rings is 1. The molecule has 0 aromatic heterocycles. The van der Waals surface area contributed by atoms with E-state index in [1.54, 1.807) is 0 Å². The molecule has 8 atom stereocenters. The molecule has 0 spiro atoms. The second-order valence-electron chi connectivity index (χ2n) is 10.9. The Bertz CT molecular complexity index is 587. The highest BCUT2D eigenvalue weighted by atomic mass is 16.1. The van der Waals surface area contributed by atoms with Crippen LogP contribution in [0.1, 0.15) is 85.0 Å². The van der Waals surface area contributed by atoms with Gasteiger partial charge < -0.3 is 10.6 Å². The summed E-state index contributed by atoms with van der Waals surface area (Å²) >= 11 is 0. The fourth-order valence-electron chi connectivity index (χ4n) is 8.09. The van der Waals surface area contributed by atoms with E-state index in [1.165, 1.54) is 51.4 Å². The van der Waals surface area contributed by atoms with Gasteiger partial charge in [0.2, 0.25) is 5.91 Å². The van der Waals surface area contributed by atoms with E-state index < -0.39 is 0 Å². The largest absolute Gasteiger partial charge is 0.353 e. The van der Waals surface area contributed by atoms with Crippen LogP contribution >= 0.6 is 0 Å². The third-order valence-electron chi connectivity index (χ3n) is 9.82. The maximum Gasteiger partial charge on any atom is 0.220 e. The van der Waals surface area contributed by atoms with Crippen molar-refractivity contribution in [2.24, 2.45) is 34.5 Å². The monoisotopic (exact) mass is 358 g/mol. The van der Waals surface area contributed by atoms with Crippen LogP contribution in [0.3, 0.4) is 0 Å². The number of nitrogens with one attached hydrogen (secondary N) is 2. The summed E-state index contributed by atoms with van der Waals surface area (Å²) in [5.74, 6) is 3.72. The molecule has 3 nitrogen and oxygen atoms in total. The fourth-order valence-corrected chi connectivity index (χ4v) is 8.09. The Morgan fingerprint density at radius 2 is 1.81 bits per heavy atom. The van der Waals surface area contributed by atoms with Crippen LogP contribution in [-0.2, 0) is 4.79 Å². The molecular weight excluding hydrogens is 320 g/mol. The first-order chi connectivity index (χ1) is 12.5. The summed E-state index contributed by atoms with van der Waals surface area (Å²) in [7, 11) is 0. The summed E-state index contributed by atoms with van der Waals surface area (Å²) in [6.07, 6.45) is 12.8. The average molecular weight is 359 g/mol. The lowest BCUT2D eigenvalue weighted by molar-refractivity contribution is -0.144. The minimum atomic E-state index is 0.302. The zero-order valence-corrected chi connectivity index (χ0v) is 17.0. The molecule has 3 unspecified atom stereocenters. The van der Waals surface area contributed by atoms with Crippen molar-refractivity contribution in [3.63, 3.8) is 0 Å². The normalized spacial score (nSPS) is 53.4. The Balaban J connectivity index is 1.45. The highest BCUT2D eigenvalue weighted by Gasteiger charge is 2.62. The SMILES string of the molecule is CCC1CC2NC(=O)CC[C@]2(C)[C@@H]2CC[C@]3(C)C(NC4CC4)CC[C@H]3[C@H]12. The smallest absolute Gasteiger partial charge is 0.220 e. The molecule has 1 saturated heterocycles. The molecular formula is C23H38N2O. The van der Waals surface area contributed by atoms with Gasteiger partial charge in [-0.1, -0.05) is 27.2 Å². The van der Waals surface area contributed by atoms with Gasteiger partial charge in [-0.25, -0.2) is 0 Å². The van der Waals surface area contributed by atoms with E-state index in [-0.39, 0.29) is 0 Å². The maximum atomic E-state index is 12.1. The van der Waals surface area contributed by atoms with Crippen molar-refractivity contribution < 1.29 is 4.79 Å². The Hall–Kier alpha value is -0.570. The second kappa shape index (κ2) is 5.96. The predicted molar refractivity (Wildman–Crippen MR) is 105 cm³/mol. The van der Waals surface area contributed by atoms with Crippen LogP contribution in [0.4, 0.5) is 0 Å². The van der Waals surface area contributed by atoms with Crippen molar-refractivity contribution in [1.82, 2.24) is 10.6 Å². The van der Waals surface area contributed by atoms with Gasteiger partial charge >= 0.3 is 0 Å². The van der Waals surface area contributed by atoms with Crippen LogP contribution in [-0.4, -0.2) is 24.0 Å². The van der Waals surface area contributed by atoms with Gasteiger partial charge in [-0.05, 0) is 85.9 Å². The van der Waals surface area contributed by atoms with Gasteiger partial charge in [-0.3, -0.25) is 4.79 Å². The average Bonchev–Trinajstić information content (AvgIpc) is 3.37. The minimum Gasteiger partial charge on any atom is -0.353 e. The molecule has 0 radical (unpaired) electrons. The van der Waals surface area contributed by atoms with Crippen molar-refractivity contribution in [2.75, 3.05) is 0 Å². The number of amides is 1. The lowest BCUT2D eigenvalue weighted by atomic mass is 9.45. The van der Waals surface area contributed by atoms with Gasteiger partial charge in [-0.2, -0.15) is 0 Å². The van der Waals surface area contributed by atoms with Crippen LogP contribution in [0.5, 0.6) is 0 Å². The van der Waals surface area contributed by atoms with E-state index >= 15 is 0 Å². The second-order valence-corrected chi connectivity index (χ2v) is 10.9. The molecule has 2 N–H and O–H groups in total. The number of rotatable bonds is 3. The van der Waals surface area contributed by atoms with Gasteiger partial charge in [0.05, 0.1) is 0 Å². The molecule has 5 fully saturated rings. The van der Waals surface area contributed by atoms with Crippen molar-refractivity contribution in [3.8, 4) is 0 Å². The quantitative estimate of drug-likeness (QED) is 0.791. The summed E-state index contributed by atoms with van der Waals surface area (Å²) < 4.78 is 0. The molecule has 0 aromatic carbocycles. The molecule has 0 aromatic rings. The molecule has 1 aliphatic heterocycles. The maximum absolute atomic E-state index is 12.1. The first kappa shape index (κ1) is 17.5. The lowest BCUT2D eigenvalue weighted by Gasteiger charge is -2.62. The molecule has 4 aliphatic carbocycles. The Morgan fingerprint density at radius 3 is 2.54 bits per heavy atom. The molecule has 3 heteroatoms. The third-order valence-corrected chi connectivity index (χ3v) is 9.82. The lowest BCUT2D eigenvalue weighted by Crippen LogP contribution is -2.63. The van der Waals surface area contributed by atoms with Gasteiger partial charge in [0, 0.05) is 24.5 Å². The van der Waals surface area contributed by atoms with Crippen LogP contribution < -0.4 is 10.6 Å².